The van der Waals surface area contributed by atoms with Crippen molar-refractivity contribution in [1.29, 1.82) is 0 Å². The van der Waals surface area contributed by atoms with E-state index in [1.807, 2.05) is 13.8 Å². The van der Waals surface area contributed by atoms with Gasteiger partial charge in [0.05, 0.1) is 0 Å². The van der Waals surface area contributed by atoms with Gasteiger partial charge in [0.2, 0.25) is 0 Å². The van der Waals surface area contributed by atoms with Gasteiger partial charge in [-0.2, -0.15) is 4.99 Å². The van der Waals surface area contributed by atoms with Gasteiger partial charge in [-0.25, -0.2) is 9.59 Å². The Morgan fingerprint density at radius 2 is 1.65 bits per heavy atom. The van der Waals surface area contributed by atoms with Crippen LogP contribution >= 0.6 is 0 Å². The van der Waals surface area contributed by atoms with Crippen molar-refractivity contribution in [3.05, 3.63) is 0 Å². The molecule has 1 N–H and O–H groups in total. The van der Waals surface area contributed by atoms with Crippen molar-refractivity contribution in [2.45, 2.75) is 67.0 Å². The lowest BCUT2D eigenvalue weighted by molar-refractivity contribution is -0.148. The van der Waals surface area contributed by atoms with Crippen LogP contribution < -0.4 is 0 Å². The average Bonchev–Trinajstić information content (AvgIpc) is 2.81. The summed E-state index contributed by atoms with van der Waals surface area (Å²) in [4.78, 5) is 42.3. The van der Waals surface area contributed by atoms with Crippen molar-refractivity contribution < 1.29 is 24.2 Å². The highest BCUT2D eigenvalue weighted by Crippen LogP contribution is 2.64. The molecule has 7 heteroatoms. The van der Waals surface area contributed by atoms with E-state index in [2.05, 4.69) is 4.99 Å². The second-order valence-corrected chi connectivity index (χ2v) is 9.88. The number of hydrogen-bond donors (Lipinski definition) is 1. The Kier molecular flexibility index (Phi) is 4.76. The van der Waals surface area contributed by atoms with Crippen LogP contribution in [-0.2, 0) is 14.3 Å². The summed E-state index contributed by atoms with van der Waals surface area (Å²) in [7, 11) is 0. The summed E-state index contributed by atoms with van der Waals surface area (Å²) in [5.41, 5.74) is -1.50. The van der Waals surface area contributed by atoms with Crippen LogP contribution in [-0.4, -0.2) is 51.9 Å². The van der Waals surface area contributed by atoms with Crippen molar-refractivity contribution in [3.63, 3.8) is 0 Å². The second-order valence-electron chi connectivity index (χ2n) is 9.88. The molecule has 0 aromatic heterocycles. The number of nitrogens with zero attached hydrogens (tertiary/aromatic N) is 2. The standard InChI is InChI=1S/C19H30N2O5/c1-17(2,3)13(20-16(25)26-18(4,5)6)14(22)21-9-10-11(19(10,7)8)12(21)15(23)24/h10-12H,9H2,1-8H3,(H,23,24)/b20-13-/t10-,11-,12-/m0/s1. The van der Waals surface area contributed by atoms with E-state index in [4.69, 9.17) is 4.74 Å². The number of aliphatic imine (C=N–C) groups is 1. The zero-order valence-corrected chi connectivity index (χ0v) is 16.9. The van der Waals surface area contributed by atoms with Gasteiger partial charge in [-0.1, -0.05) is 34.6 Å². The van der Waals surface area contributed by atoms with E-state index in [1.54, 1.807) is 41.5 Å². The number of rotatable bonds is 2. The molecule has 0 bridgehead atoms. The molecule has 1 aliphatic carbocycles. The maximum atomic E-state index is 13.1. The second kappa shape index (κ2) is 6.06. The van der Waals surface area contributed by atoms with Crippen LogP contribution in [0.15, 0.2) is 4.99 Å². The molecule has 1 heterocycles. The average molecular weight is 366 g/mol. The molecule has 1 aliphatic heterocycles. The zero-order valence-electron chi connectivity index (χ0n) is 16.9. The third kappa shape index (κ3) is 3.76. The van der Waals surface area contributed by atoms with E-state index in [0.29, 0.717) is 6.54 Å². The van der Waals surface area contributed by atoms with Crippen LogP contribution in [0, 0.1) is 22.7 Å². The number of piperidine rings is 1. The highest BCUT2D eigenvalue weighted by molar-refractivity contribution is 6.42. The minimum Gasteiger partial charge on any atom is -0.480 e. The molecular formula is C19H30N2O5. The number of carbonyl (C=O) groups is 3. The maximum absolute atomic E-state index is 13.1. The predicted molar refractivity (Wildman–Crippen MR) is 97.0 cm³/mol. The lowest BCUT2D eigenvalue weighted by Gasteiger charge is -2.31. The van der Waals surface area contributed by atoms with Gasteiger partial charge in [-0.3, -0.25) is 4.79 Å². The van der Waals surface area contributed by atoms with Crippen molar-refractivity contribution in [2.75, 3.05) is 6.54 Å². The molecule has 1 saturated heterocycles. The van der Waals surface area contributed by atoms with Crippen LogP contribution in [0.1, 0.15) is 55.4 Å². The Bertz CT molecular complexity index is 666. The van der Waals surface area contributed by atoms with Crippen molar-refractivity contribution in [1.82, 2.24) is 4.90 Å². The summed E-state index contributed by atoms with van der Waals surface area (Å²) < 4.78 is 5.20. The molecule has 0 aromatic rings. The third-order valence-corrected chi connectivity index (χ3v) is 5.23. The molecule has 1 saturated carbocycles. The summed E-state index contributed by atoms with van der Waals surface area (Å²) in [5, 5.41) is 9.66. The molecule has 2 aliphatic rings. The minimum atomic E-state index is -1.01. The highest BCUT2D eigenvalue weighted by atomic mass is 16.6. The highest BCUT2D eigenvalue weighted by Gasteiger charge is 2.69. The number of fused-ring (bicyclic) bond motifs is 1. The summed E-state index contributed by atoms with van der Waals surface area (Å²) in [6.07, 6.45) is -0.840. The summed E-state index contributed by atoms with van der Waals surface area (Å²) >= 11 is 0. The van der Waals surface area contributed by atoms with Gasteiger partial charge in [0.1, 0.15) is 17.4 Å². The van der Waals surface area contributed by atoms with Crippen molar-refractivity contribution >= 4 is 23.7 Å². The van der Waals surface area contributed by atoms with Gasteiger partial charge in [-0.05, 0) is 32.1 Å². The third-order valence-electron chi connectivity index (χ3n) is 5.23. The largest absolute Gasteiger partial charge is 0.480 e. The molecule has 2 amide bonds. The number of carboxylic acid groups (broad SMARTS) is 1. The minimum absolute atomic E-state index is 0.0251. The number of likely N-dealkylation sites (tertiary alicyclic amines) is 1. The zero-order chi connectivity index (χ0) is 20.2. The fourth-order valence-electron chi connectivity index (χ4n) is 3.83. The number of carbonyl (C=O) groups excluding carboxylic acids is 2. The molecule has 7 nitrogen and oxygen atoms in total. The molecule has 26 heavy (non-hydrogen) atoms. The molecule has 0 spiro atoms. The molecule has 146 valence electrons. The maximum Gasteiger partial charge on any atom is 0.434 e. The molecule has 0 aromatic carbocycles. The number of ether oxygens (including phenoxy) is 1. The summed E-state index contributed by atoms with van der Waals surface area (Å²) in [5.74, 6) is -1.41. The van der Waals surface area contributed by atoms with E-state index >= 15 is 0 Å². The van der Waals surface area contributed by atoms with Gasteiger partial charge in [-0.15, -0.1) is 0 Å². The Hall–Kier alpha value is -1.92. The smallest absolute Gasteiger partial charge is 0.434 e. The van der Waals surface area contributed by atoms with Crippen LogP contribution in [0.25, 0.3) is 0 Å². The van der Waals surface area contributed by atoms with Gasteiger partial charge in [0.15, 0.2) is 0 Å². The topological polar surface area (TPSA) is 96.3 Å². The Balaban J connectivity index is 2.31. The predicted octanol–water partition coefficient (Wildman–Crippen LogP) is 2.98. The lowest BCUT2D eigenvalue weighted by atomic mass is 9.88. The first-order chi connectivity index (χ1) is 11.6. The summed E-state index contributed by atoms with van der Waals surface area (Å²) in [6, 6.07) is -0.881. The summed E-state index contributed by atoms with van der Waals surface area (Å²) in [6.45, 7) is 14.9. The number of amides is 2. The Morgan fingerprint density at radius 3 is 2.08 bits per heavy atom. The van der Waals surface area contributed by atoms with Gasteiger partial charge < -0.3 is 14.7 Å². The van der Waals surface area contributed by atoms with E-state index in [0.717, 1.165) is 0 Å². The quantitative estimate of drug-likeness (QED) is 0.758. The van der Waals surface area contributed by atoms with E-state index < -0.39 is 35.0 Å². The molecule has 2 rings (SSSR count). The SMILES string of the molecule is CC(C)(C)OC(=O)/N=C(/C(=O)N1C[C@H]2[C@@H]([C@H]1C(=O)O)C2(C)C)C(C)(C)C. The normalized spacial score (nSPS) is 27.8. The Morgan fingerprint density at radius 1 is 1.12 bits per heavy atom. The van der Waals surface area contributed by atoms with Gasteiger partial charge >= 0.3 is 12.1 Å². The van der Waals surface area contributed by atoms with E-state index in [1.165, 1.54) is 4.90 Å². The van der Waals surface area contributed by atoms with Crippen LogP contribution in [0.2, 0.25) is 0 Å². The monoisotopic (exact) mass is 366 g/mol. The van der Waals surface area contributed by atoms with Gasteiger partial charge in [0.25, 0.3) is 5.91 Å². The number of carboxylic acids is 1. The number of aliphatic carboxylic acids is 1. The molecule has 0 radical (unpaired) electrons. The first kappa shape index (κ1) is 20.4. The lowest BCUT2D eigenvalue weighted by Crippen LogP contribution is -2.50. The number of hydrogen-bond acceptors (Lipinski definition) is 4. The molecule has 2 fully saturated rings. The van der Waals surface area contributed by atoms with Crippen molar-refractivity contribution in [2.24, 2.45) is 27.7 Å². The molecule has 0 unspecified atom stereocenters. The van der Waals surface area contributed by atoms with E-state index in [-0.39, 0.29) is 23.0 Å². The first-order valence-electron chi connectivity index (χ1n) is 8.93. The first-order valence-corrected chi connectivity index (χ1v) is 8.93. The van der Waals surface area contributed by atoms with Gasteiger partial charge in [0, 0.05) is 17.9 Å². The van der Waals surface area contributed by atoms with Crippen LogP contribution in [0.3, 0.4) is 0 Å². The fraction of sp³-hybridized carbons (Fsp3) is 0.789. The van der Waals surface area contributed by atoms with Crippen molar-refractivity contribution in [3.8, 4) is 0 Å². The van der Waals surface area contributed by atoms with Crippen LogP contribution in [0.4, 0.5) is 4.79 Å². The molecule has 3 atom stereocenters. The fourth-order valence-corrected chi connectivity index (χ4v) is 3.83. The van der Waals surface area contributed by atoms with E-state index in [9.17, 15) is 19.5 Å². The Labute approximate surface area is 154 Å². The van der Waals surface area contributed by atoms with Crippen LogP contribution in [0.5, 0.6) is 0 Å². The molecular weight excluding hydrogens is 336 g/mol.